The van der Waals surface area contributed by atoms with Gasteiger partial charge >= 0.3 is 0 Å². The van der Waals surface area contributed by atoms with Crippen molar-refractivity contribution >= 4 is 88.7 Å². The molecule has 364 valence electrons. The Bertz CT molecular complexity index is 3770. The molecule has 0 N–H and O–H groups in total. The Hall–Kier alpha value is -6.36. The van der Waals surface area contributed by atoms with Gasteiger partial charge in [0.2, 0.25) is 0 Å². The van der Waals surface area contributed by atoms with Crippen molar-refractivity contribution in [1.29, 1.82) is 0 Å². The predicted octanol–water partition coefficient (Wildman–Crippen LogP) is 17.8. The summed E-state index contributed by atoms with van der Waals surface area (Å²) in [7, 11) is 0. The minimum Gasteiger partial charge on any atom is -0.311 e. The molecular weight excluding hydrogens is 900 g/mol. The van der Waals surface area contributed by atoms with Crippen molar-refractivity contribution in [2.24, 2.45) is 0 Å². The molecule has 1 aromatic heterocycles. The summed E-state index contributed by atoms with van der Waals surface area (Å²) < 4.78 is 2.67. The SMILES string of the molecule is Cc1cc2c3c(c1)N(c1ccc(C(C)(C)C)cc1-c1ccccc1)c1ccc(-c4cccc5sc6ccccc6c45)cc1B3c1cc3c(cc1N2c1ccc2c(c1)C(C)(C)CCC2(C)C)C(C)(C)CCC3(C)C. The summed E-state index contributed by atoms with van der Waals surface area (Å²) in [5.74, 6) is 0. The number of benzene rings is 8. The van der Waals surface area contributed by atoms with Gasteiger partial charge in [-0.05, 0) is 187 Å². The molecule has 0 spiro atoms. The summed E-state index contributed by atoms with van der Waals surface area (Å²) >= 11 is 1.90. The molecule has 0 fully saturated rings. The van der Waals surface area contributed by atoms with Gasteiger partial charge in [0.05, 0.1) is 5.69 Å². The van der Waals surface area contributed by atoms with Gasteiger partial charge < -0.3 is 9.80 Å². The fraction of sp³-hybridized carbons (Fsp3) is 0.304. The maximum atomic E-state index is 2.71. The Labute approximate surface area is 439 Å². The molecular formula is C69H69BN2S. The first-order valence-corrected chi connectivity index (χ1v) is 27.9. The van der Waals surface area contributed by atoms with Crippen molar-refractivity contribution in [1.82, 2.24) is 0 Å². The van der Waals surface area contributed by atoms with Crippen LogP contribution in [0.4, 0.5) is 34.1 Å². The molecule has 73 heavy (non-hydrogen) atoms. The number of nitrogens with zero attached hydrogens (tertiary/aromatic N) is 2. The van der Waals surface area contributed by atoms with Gasteiger partial charge in [-0.2, -0.15) is 0 Å². The highest BCUT2D eigenvalue weighted by Gasteiger charge is 2.47. The van der Waals surface area contributed by atoms with Gasteiger partial charge in [-0.1, -0.05) is 167 Å². The van der Waals surface area contributed by atoms with Crippen LogP contribution < -0.4 is 26.2 Å². The van der Waals surface area contributed by atoms with Crippen molar-refractivity contribution in [3.8, 4) is 22.3 Å². The van der Waals surface area contributed by atoms with Crippen LogP contribution in [0.5, 0.6) is 0 Å². The lowest BCUT2D eigenvalue weighted by atomic mass is 9.33. The molecule has 4 heteroatoms. The minimum absolute atomic E-state index is 0.0189. The van der Waals surface area contributed by atoms with Crippen molar-refractivity contribution in [3.63, 3.8) is 0 Å². The first-order chi connectivity index (χ1) is 34.7. The van der Waals surface area contributed by atoms with Gasteiger partial charge in [-0.25, -0.2) is 0 Å². The van der Waals surface area contributed by atoms with Gasteiger partial charge in [0.25, 0.3) is 6.71 Å². The molecule has 0 saturated heterocycles. The van der Waals surface area contributed by atoms with Crippen molar-refractivity contribution in [2.75, 3.05) is 9.80 Å². The van der Waals surface area contributed by atoms with E-state index in [2.05, 4.69) is 245 Å². The molecule has 0 radical (unpaired) electrons. The highest BCUT2D eigenvalue weighted by molar-refractivity contribution is 7.26. The number of hydrogen-bond donors (Lipinski definition) is 0. The number of anilines is 6. The molecule has 9 aromatic rings. The average Bonchev–Trinajstić information content (AvgIpc) is 3.76. The summed E-state index contributed by atoms with van der Waals surface area (Å²) in [6, 6.07) is 59.8. The van der Waals surface area contributed by atoms with Crippen LogP contribution in [-0.2, 0) is 27.1 Å². The second kappa shape index (κ2) is 15.8. The van der Waals surface area contributed by atoms with Gasteiger partial charge in [-0.3, -0.25) is 0 Å². The Kier molecular flexibility index (Phi) is 10.1. The number of thiophene rings is 1. The summed E-state index contributed by atoms with van der Waals surface area (Å²) in [5.41, 5.74) is 25.5. The molecule has 4 aliphatic rings. The van der Waals surface area contributed by atoms with Crippen LogP contribution in [-0.4, -0.2) is 6.71 Å². The monoisotopic (exact) mass is 969 g/mol. The van der Waals surface area contributed by atoms with E-state index >= 15 is 0 Å². The van der Waals surface area contributed by atoms with Gasteiger partial charge in [0.1, 0.15) is 0 Å². The Morgan fingerprint density at radius 1 is 0.452 bits per heavy atom. The molecule has 0 saturated carbocycles. The van der Waals surface area contributed by atoms with Crippen molar-refractivity contribution < 1.29 is 0 Å². The van der Waals surface area contributed by atoms with Crippen molar-refractivity contribution in [2.45, 2.75) is 136 Å². The lowest BCUT2D eigenvalue weighted by molar-refractivity contribution is 0.332. The van der Waals surface area contributed by atoms with Gasteiger partial charge in [0, 0.05) is 54.2 Å². The van der Waals surface area contributed by atoms with Crippen LogP contribution in [0.3, 0.4) is 0 Å². The Balaban J connectivity index is 1.16. The van der Waals surface area contributed by atoms with Crippen LogP contribution in [0.15, 0.2) is 152 Å². The van der Waals surface area contributed by atoms with Crippen LogP contribution in [0.2, 0.25) is 0 Å². The van der Waals surface area contributed by atoms with Crippen LogP contribution in [0, 0.1) is 6.92 Å². The zero-order valence-electron chi connectivity index (χ0n) is 45.1. The first-order valence-electron chi connectivity index (χ1n) is 27.0. The maximum absolute atomic E-state index is 2.71. The van der Waals surface area contributed by atoms with E-state index in [9.17, 15) is 0 Å². The molecule has 0 atom stereocenters. The summed E-state index contributed by atoms with van der Waals surface area (Å²) in [6.45, 7) is 29.1. The van der Waals surface area contributed by atoms with E-state index in [0.29, 0.717) is 0 Å². The summed E-state index contributed by atoms with van der Waals surface area (Å²) in [4.78, 5) is 5.36. The Morgan fingerprint density at radius 3 is 1.77 bits per heavy atom. The molecule has 0 amide bonds. The number of aryl methyl sites for hydroxylation is 1. The van der Waals surface area contributed by atoms with E-state index in [0.717, 1.165) is 6.42 Å². The third kappa shape index (κ3) is 7.09. The third-order valence-electron chi connectivity index (χ3n) is 18.2. The summed E-state index contributed by atoms with van der Waals surface area (Å²) in [5, 5.41) is 2.68. The topological polar surface area (TPSA) is 6.48 Å². The fourth-order valence-electron chi connectivity index (χ4n) is 13.7. The van der Waals surface area contributed by atoms with E-state index < -0.39 is 0 Å². The van der Waals surface area contributed by atoms with E-state index in [1.807, 2.05) is 11.3 Å². The molecule has 13 rings (SSSR count). The largest absolute Gasteiger partial charge is 0.311 e. The highest BCUT2D eigenvalue weighted by atomic mass is 32.1. The smallest absolute Gasteiger partial charge is 0.252 e. The average molecular weight is 969 g/mol. The summed E-state index contributed by atoms with van der Waals surface area (Å²) in [6.07, 6.45) is 4.70. The maximum Gasteiger partial charge on any atom is 0.252 e. The lowest BCUT2D eigenvalue weighted by Crippen LogP contribution is -2.62. The molecule has 2 aliphatic heterocycles. The van der Waals surface area contributed by atoms with Gasteiger partial charge in [-0.15, -0.1) is 11.3 Å². The van der Waals surface area contributed by atoms with E-state index in [-0.39, 0.29) is 33.8 Å². The Morgan fingerprint density at radius 2 is 1.05 bits per heavy atom. The number of rotatable bonds is 4. The molecule has 2 nitrogen and oxygen atoms in total. The molecule has 0 unspecified atom stereocenters. The minimum atomic E-state index is -0.0262. The van der Waals surface area contributed by atoms with Crippen LogP contribution in [0.1, 0.15) is 135 Å². The van der Waals surface area contributed by atoms with E-state index in [1.54, 1.807) is 0 Å². The molecule has 3 heterocycles. The second-order valence-corrected chi connectivity index (χ2v) is 27.0. The second-order valence-electron chi connectivity index (χ2n) is 25.9. The zero-order chi connectivity index (χ0) is 50.7. The van der Waals surface area contributed by atoms with E-state index in [1.165, 1.54) is 146 Å². The molecule has 8 aromatic carbocycles. The predicted molar refractivity (Wildman–Crippen MR) is 318 cm³/mol. The fourth-order valence-corrected chi connectivity index (χ4v) is 14.8. The molecule has 2 aliphatic carbocycles. The number of hydrogen-bond acceptors (Lipinski definition) is 3. The highest BCUT2D eigenvalue weighted by Crippen LogP contribution is 2.54. The number of fused-ring (bicyclic) bond motifs is 9. The zero-order valence-corrected chi connectivity index (χ0v) is 46.0. The lowest BCUT2D eigenvalue weighted by Gasteiger charge is -2.48. The normalized spacial score (nSPS) is 17.7. The van der Waals surface area contributed by atoms with Crippen LogP contribution >= 0.6 is 11.3 Å². The molecule has 0 bridgehead atoms. The quantitative estimate of drug-likeness (QED) is 0.162. The van der Waals surface area contributed by atoms with Gasteiger partial charge in [0.15, 0.2) is 0 Å². The van der Waals surface area contributed by atoms with Crippen molar-refractivity contribution in [3.05, 3.63) is 185 Å². The van der Waals surface area contributed by atoms with Crippen LogP contribution in [0.25, 0.3) is 42.4 Å². The third-order valence-corrected chi connectivity index (χ3v) is 19.3. The standard InChI is InChI=1S/C69H69BN2S/c1-42-35-59-64-60(36-42)72(56-30-26-45(65(2,3)4)38-49(56)43-19-14-13-15-20-43)57-29-25-44(47-22-18-24-62-63(47)48-21-16-17-23-61(48)73-62)37-54(57)70(64)55-40-52-53(69(11,12)34-33-68(52,9)10)41-58(55)71(59)46-27-28-50-51(39-46)67(7,8)32-31-66(50,5)6/h13-30,35-41H,31-34H2,1-12H3. The first kappa shape index (κ1) is 46.4. The van der Waals surface area contributed by atoms with E-state index in [4.69, 9.17) is 0 Å².